The molecular weight excluding hydrogens is 405 g/mol. The number of hydrogen-bond acceptors (Lipinski definition) is 2. The minimum Gasteiger partial charge on any atom is -0.361 e. The molecule has 28 heavy (non-hydrogen) atoms. The van der Waals surface area contributed by atoms with Crippen molar-refractivity contribution in [3.05, 3.63) is 53.3 Å². The Morgan fingerprint density at radius 3 is 2.46 bits per heavy atom. The first kappa shape index (κ1) is 20.9. The first-order chi connectivity index (χ1) is 13.1. The van der Waals surface area contributed by atoms with Crippen molar-refractivity contribution in [2.24, 2.45) is 0 Å². The van der Waals surface area contributed by atoms with Crippen LogP contribution in [0.25, 0.3) is 22.2 Å². The fourth-order valence-electron chi connectivity index (χ4n) is 2.96. The fraction of sp³-hybridized carbons (Fsp3) is 0.350. The summed E-state index contributed by atoms with van der Waals surface area (Å²) in [5.41, 5.74) is 0.405. The molecule has 0 aliphatic carbocycles. The third-order valence-corrected chi connectivity index (χ3v) is 6.35. The second-order valence-corrected chi connectivity index (χ2v) is 13.9. The number of fused-ring (bicyclic) bond motifs is 1. The van der Waals surface area contributed by atoms with E-state index in [0.29, 0.717) is 23.2 Å². The van der Waals surface area contributed by atoms with Gasteiger partial charge >= 0.3 is 6.18 Å². The summed E-state index contributed by atoms with van der Waals surface area (Å²) in [6.45, 7) is 7.59. The molecule has 0 saturated carbocycles. The molecule has 3 aromatic rings. The molecule has 0 fully saturated rings. The van der Waals surface area contributed by atoms with Crippen molar-refractivity contribution in [1.29, 1.82) is 0 Å². The summed E-state index contributed by atoms with van der Waals surface area (Å²) < 4.78 is 48.0. The summed E-state index contributed by atoms with van der Waals surface area (Å²) in [4.78, 5) is 4.32. The third-order valence-electron chi connectivity index (χ3n) is 4.44. The second-order valence-electron chi connectivity index (χ2n) is 7.91. The number of hydrogen-bond donors (Lipinski definition) is 0. The topological polar surface area (TPSA) is 27.1 Å². The predicted octanol–water partition coefficient (Wildman–Crippen LogP) is 6.69. The van der Waals surface area contributed by atoms with E-state index in [-0.39, 0.29) is 17.4 Å². The van der Waals surface area contributed by atoms with Crippen LogP contribution >= 0.6 is 11.6 Å². The summed E-state index contributed by atoms with van der Waals surface area (Å²) in [5.74, 6) is 0. The average molecular weight is 427 g/mol. The largest absolute Gasteiger partial charge is 0.417 e. The Morgan fingerprint density at radius 1 is 1.07 bits per heavy atom. The molecule has 0 aliphatic rings. The highest BCUT2D eigenvalue weighted by Gasteiger charge is 2.34. The van der Waals surface area contributed by atoms with Crippen LogP contribution < -0.4 is 0 Å². The van der Waals surface area contributed by atoms with Gasteiger partial charge in [-0.25, -0.2) is 4.98 Å². The SMILES string of the molecule is C[Si](C)(C)CCOCn1cc(-c2ccccc2C(F)(F)F)c2ccc(Cl)nc21. The smallest absolute Gasteiger partial charge is 0.361 e. The maximum absolute atomic E-state index is 13.5. The van der Waals surface area contributed by atoms with E-state index >= 15 is 0 Å². The molecular formula is C20H22ClF3N2OSi. The first-order valence-electron chi connectivity index (χ1n) is 8.96. The van der Waals surface area contributed by atoms with E-state index < -0.39 is 19.8 Å². The number of pyridine rings is 1. The molecule has 0 amide bonds. The van der Waals surface area contributed by atoms with Crippen molar-refractivity contribution in [3.63, 3.8) is 0 Å². The summed E-state index contributed by atoms with van der Waals surface area (Å²) in [6.07, 6.45) is -2.79. The van der Waals surface area contributed by atoms with Crippen LogP contribution in [0.2, 0.25) is 30.8 Å². The van der Waals surface area contributed by atoms with Crippen molar-refractivity contribution in [1.82, 2.24) is 9.55 Å². The lowest BCUT2D eigenvalue weighted by molar-refractivity contribution is -0.137. The van der Waals surface area contributed by atoms with Crippen LogP contribution in [0.3, 0.4) is 0 Å². The summed E-state index contributed by atoms with van der Waals surface area (Å²) in [5, 5.41) is 0.888. The normalized spacial score (nSPS) is 12.7. The van der Waals surface area contributed by atoms with Gasteiger partial charge in [0, 0.05) is 31.8 Å². The quantitative estimate of drug-likeness (QED) is 0.249. The van der Waals surface area contributed by atoms with Crippen molar-refractivity contribution in [2.75, 3.05) is 6.61 Å². The molecule has 0 aliphatic heterocycles. The van der Waals surface area contributed by atoms with Gasteiger partial charge in [-0.2, -0.15) is 13.2 Å². The van der Waals surface area contributed by atoms with E-state index in [1.165, 1.54) is 12.1 Å². The maximum atomic E-state index is 13.5. The van der Waals surface area contributed by atoms with Gasteiger partial charge in [-0.3, -0.25) is 0 Å². The summed E-state index contributed by atoms with van der Waals surface area (Å²) in [7, 11) is -1.23. The Kier molecular flexibility index (Phi) is 5.88. The van der Waals surface area contributed by atoms with E-state index in [1.54, 1.807) is 29.0 Å². The second kappa shape index (κ2) is 7.89. The van der Waals surface area contributed by atoms with Crippen LogP contribution in [-0.4, -0.2) is 24.2 Å². The lowest BCUT2D eigenvalue weighted by atomic mass is 9.99. The molecule has 0 atom stereocenters. The molecule has 3 rings (SSSR count). The highest BCUT2D eigenvalue weighted by atomic mass is 35.5. The Hall–Kier alpha value is -1.83. The molecule has 1 aromatic carbocycles. The molecule has 0 spiro atoms. The van der Waals surface area contributed by atoms with Gasteiger partial charge in [0.15, 0.2) is 0 Å². The number of aromatic nitrogens is 2. The van der Waals surface area contributed by atoms with Crippen LogP contribution in [0.5, 0.6) is 0 Å². The third kappa shape index (κ3) is 4.77. The Bertz CT molecular complexity index is 980. The van der Waals surface area contributed by atoms with Gasteiger partial charge in [0.2, 0.25) is 0 Å². The van der Waals surface area contributed by atoms with Crippen LogP contribution in [0, 0.1) is 0 Å². The van der Waals surface area contributed by atoms with Crippen LogP contribution in [-0.2, 0) is 17.6 Å². The van der Waals surface area contributed by atoms with Crippen LogP contribution in [0.1, 0.15) is 5.56 Å². The van der Waals surface area contributed by atoms with Crippen LogP contribution in [0.4, 0.5) is 13.2 Å². The minimum atomic E-state index is -4.45. The highest BCUT2D eigenvalue weighted by molar-refractivity contribution is 6.76. The molecule has 8 heteroatoms. The molecule has 0 radical (unpaired) electrons. The predicted molar refractivity (Wildman–Crippen MR) is 109 cm³/mol. The monoisotopic (exact) mass is 426 g/mol. The summed E-state index contributed by atoms with van der Waals surface area (Å²) in [6, 6.07) is 9.84. The molecule has 0 unspecified atom stereocenters. The van der Waals surface area contributed by atoms with Gasteiger partial charge in [-0.15, -0.1) is 0 Å². The van der Waals surface area contributed by atoms with Gasteiger partial charge in [0.1, 0.15) is 17.5 Å². The Labute approximate surface area is 168 Å². The van der Waals surface area contributed by atoms with E-state index in [4.69, 9.17) is 16.3 Å². The van der Waals surface area contributed by atoms with Crippen LogP contribution in [0.15, 0.2) is 42.6 Å². The molecule has 0 N–H and O–H groups in total. The number of ether oxygens (including phenoxy) is 1. The number of benzene rings is 1. The molecule has 3 nitrogen and oxygen atoms in total. The zero-order chi connectivity index (χ0) is 20.5. The Balaban J connectivity index is 2.01. The number of halogens is 4. The fourth-order valence-corrected chi connectivity index (χ4v) is 3.86. The van der Waals surface area contributed by atoms with Gasteiger partial charge in [-0.1, -0.05) is 49.4 Å². The van der Waals surface area contributed by atoms with Gasteiger partial charge in [0.05, 0.1) is 5.56 Å². The van der Waals surface area contributed by atoms with E-state index in [2.05, 4.69) is 24.6 Å². The first-order valence-corrected chi connectivity index (χ1v) is 13.0. The lowest BCUT2D eigenvalue weighted by Gasteiger charge is -2.15. The van der Waals surface area contributed by atoms with Gasteiger partial charge < -0.3 is 9.30 Å². The van der Waals surface area contributed by atoms with Gasteiger partial charge in [0.25, 0.3) is 0 Å². The van der Waals surface area contributed by atoms with Crippen molar-refractivity contribution in [2.45, 2.75) is 38.6 Å². The maximum Gasteiger partial charge on any atom is 0.417 e. The average Bonchev–Trinajstić information content (AvgIpc) is 2.95. The molecule has 150 valence electrons. The van der Waals surface area contributed by atoms with E-state index in [1.807, 2.05) is 0 Å². The lowest BCUT2D eigenvalue weighted by Crippen LogP contribution is -2.22. The molecule has 2 heterocycles. The number of rotatable bonds is 6. The number of nitrogens with zero attached hydrogens (tertiary/aromatic N) is 2. The van der Waals surface area contributed by atoms with Crippen molar-refractivity contribution >= 4 is 30.7 Å². The Morgan fingerprint density at radius 2 is 1.79 bits per heavy atom. The van der Waals surface area contributed by atoms with Gasteiger partial charge in [-0.05, 0) is 29.8 Å². The van der Waals surface area contributed by atoms with Crippen molar-refractivity contribution in [3.8, 4) is 11.1 Å². The van der Waals surface area contributed by atoms with E-state index in [0.717, 1.165) is 12.1 Å². The minimum absolute atomic E-state index is 0.116. The molecule has 2 aromatic heterocycles. The summed E-state index contributed by atoms with van der Waals surface area (Å²) >= 11 is 6.03. The molecule has 0 saturated heterocycles. The zero-order valence-corrected chi connectivity index (χ0v) is 17.7. The highest BCUT2D eigenvalue weighted by Crippen LogP contribution is 2.40. The standard InChI is InChI=1S/C20H22ClF3N2OSi/c1-28(2,3)11-10-27-13-26-12-16(15-8-9-18(21)25-19(15)26)14-6-4-5-7-17(14)20(22,23)24/h4-9,12H,10-11,13H2,1-3H3. The van der Waals surface area contributed by atoms with Crippen molar-refractivity contribution < 1.29 is 17.9 Å². The zero-order valence-electron chi connectivity index (χ0n) is 16.0. The van der Waals surface area contributed by atoms with E-state index in [9.17, 15) is 13.2 Å². The molecule has 0 bridgehead atoms. The number of alkyl halides is 3.